The summed E-state index contributed by atoms with van der Waals surface area (Å²) >= 11 is 0. The molecule has 224 valence electrons. The molecule has 0 heterocycles. The minimum atomic E-state index is -1.71. The molecule has 10 heteroatoms. The number of carbonyl (C=O) groups excluding carboxylic acids is 4. The van der Waals surface area contributed by atoms with Gasteiger partial charge in [-0.25, -0.2) is 9.59 Å². The van der Waals surface area contributed by atoms with Gasteiger partial charge in [0, 0.05) is 28.1 Å². The van der Waals surface area contributed by atoms with Crippen molar-refractivity contribution in [3.63, 3.8) is 0 Å². The fourth-order valence-corrected chi connectivity index (χ4v) is 4.72. The number of fused-ring (bicyclic) bond motifs is 1. The second-order valence-electron chi connectivity index (χ2n) is 12.1. The lowest BCUT2D eigenvalue weighted by Crippen LogP contribution is -2.36. The molecule has 0 bridgehead atoms. The van der Waals surface area contributed by atoms with Gasteiger partial charge in [-0.1, -0.05) is 45.0 Å². The van der Waals surface area contributed by atoms with E-state index in [2.05, 4.69) is 31.4 Å². The van der Waals surface area contributed by atoms with Crippen molar-refractivity contribution in [1.82, 2.24) is 5.32 Å². The average Bonchev–Trinajstić information content (AvgIpc) is 3.13. The van der Waals surface area contributed by atoms with Gasteiger partial charge in [0.2, 0.25) is 0 Å². The number of anilines is 2. The molecule has 1 aliphatic rings. The van der Waals surface area contributed by atoms with Crippen molar-refractivity contribution < 1.29 is 34.2 Å². The molecule has 3 aromatic rings. The number of amides is 3. The summed E-state index contributed by atoms with van der Waals surface area (Å²) < 4.78 is 0. The molecule has 3 amide bonds. The van der Waals surface area contributed by atoms with Crippen LogP contribution in [0.25, 0.3) is 0 Å². The maximum absolute atomic E-state index is 13.7. The van der Waals surface area contributed by atoms with Crippen LogP contribution in [0.2, 0.25) is 0 Å². The molecular formula is C33H35N3O7. The van der Waals surface area contributed by atoms with E-state index in [4.69, 9.17) is 5.11 Å². The number of nitrogens with zero attached hydrogens (tertiary/aromatic N) is 1. The van der Waals surface area contributed by atoms with Crippen molar-refractivity contribution in [2.75, 3.05) is 16.8 Å². The van der Waals surface area contributed by atoms with Gasteiger partial charge in [-0.15, -0.1) is 0 Å². The molecule has 0 aliphatic heterocycles. The van der Waals surface area contributed by atoms with Crippen molar-refractivity contribution in [3.8, 4) is 0 Å². The SMILES string of the molecule is CC1(C)C(=O)c2ccc(NC(=O)N(Cc3ccc(C(=O)NC[C@@H](O)C(=O)O)cc3)c3ccc(C(C)(C)C)cc3)cc2C1=O. The number of carboxylic acid groups (broad SMARTS) is 1. The molecule has 0 saturated carbocycles. The quantitative estimate of drug-likeness (QED) is 0.277. The van der Waals surface area contributed by atoms with E-state index >= 15 is 0 Å². The standard InChI is InChI=1S/C33H35N3O7/c1-32(2,3)21-10-13-23(14-11-21)36(18-19-6-8-20(9-7-19)29(40)34-17-26(37)30(41)42)31(43)35-22-12-15-24-25(16-22)28(39)33(4,5)27(24)38/h6-16,26,37H,17-18H2,1-5H3,(H,34,40)(H,35,43)(H,41,42)/t26-/m1/s1. The van der Waals surface area contributed by atoms with Gasteiger partial charge >= 0.3 is 12.0 Å². The molecule has 1 aliphatic carbocycles. The first-order valence-corrected chi connectivity index (χ1v) is 13.8. The summed E-state index contributed by atoms with van der Waals surface area (Å²) in [4.78, 5) is 63.9. The van der Waals surface area contributed by atoms with E-state index < -0.39 is 36.0 Å². The molecule has 10 nitrogen and oxygen atoms in total. The Morgan fingerprint density at radius 1 is 0.884 bits per heavy atom. The van der Waals surface area contributed by atoms with Crippen molar-refractivity contribution in [3.05, 3.63) is 94.5 Å². The predicted molar refractivity (Wildman–Crippen MR) is 162 cm³/mol. The maximum atomic E-state index is 13.7. The van der Waals surface area contributed by atoms with Crippen LogP contribution < -0.4 is 15.5 Å². The van der Waals surface area contributed by atoms with Gasteiger partial charge in [0.25, 0.3) is 5.91 Å². The fraction of sp³-hybridized carbons (Fsp3) is 0.303. The number of nitrogens with one attached hydrogen (secondary N) is 2. The molecule has 0 aromatic heterocycles. The monoisotopic (exact) mass is 585 g/mol. The lowest BCUT2D eigenvalue weighted by Gasteiger charge is -2.25. The lowest BCUT2D eigenvalue weighted by atomic mass is 9.87. The number of aliphatic carboxylic acids is 1. The van der Waals surface area contributed by atoms with Crippen LogP contribution >= 0.6 is 0 Å². The number of urea groups is 1. The van der Waals surface area contributed by atoms with Crippen molar-refractivity contribution in [2.24, 2.45) is 5.41 Å². The summed E-state index contributed by atoms with van der Waals surface area (Å²) in [6, 6.07) is 18.3. The van der Waals surface area contributed by atoms with Crippen LogP contribution in [0, 0.1) is 5.41 Å². The Bertz CT molecular complexity index is 1590. The summed E-state index contributed by atoms with van der Waals surface area (Å²) in [5, 5.41) is 23.4. The number of aliphatic hydroxyl groups is 1. The average molecular weight is 586 g/mol. The Labute approximate surface area is 249 Å². The van der Waals surface area contributed by atoms with Crippen molar-refractivity contribution >= 4 is 40.8 Å². The van der Waals surface area contributed by atoms with E-state index in [-0.39, 0.29) is 34.7 Å². The molecule has 0 fully saturated rings. The van der Waals surface area contributed by atoms with Gasteiger partial charge in [0.15, 0.2) is 17.7 Å². The molecule has 4 rings (SSSR count). The molecule has 0 unspecified atom stereocenters. The van der Waals surface area contributed by atoms with Crippen LogP contribution in [0.3, 0.4) is 0 Å². The maximum Gasteiger partial charge on any atom is 0.334 e. The lowest BCUT2D eigenvalue weighted by molar-refractivity contribution is -0.146. The second kappa shape index (κ2) is 11.8. The molecule has 4 N–H and O–H groups in total. The number of aliphatic hydroxyl groups excluding tert-OH is 1. The van der Waals surface area contributed by atoms with Gasteiger partial charge in [-0.3, -0.25) is 19.3 Å². The van der Waals surface area contributed by atoms with E-state index in [0.717, 1.165) is 5.56 Å². The number of carbonyl (C=O) groups is 5. The number of Topliss-reactive ketones (excluding diaryl/α,β-unsaturated/α-hetero) is 2. The van der Waals surface area contributed by atoms with Crippen LogP contribution in [0.5, 0.6) is 0 Å². The number of hydrogen-bond donors (Lipinski definition) is 4. The number of ketones is 2. The molecular weight excluding hydrogens is 550 g/mol. The second-order valence-corrected chi connectivity index (χ2v) is 12.1. The van der Waals surface area contributed by atoms with E-state index in [1.165, 1.54) is 11.0 Å². The highest BCUT2D eigenvalue weighted by atomic mass is 16.4. The first-order chi connectivity index (χ1) is 20.1. The topological polar surface area (TPSA) is 153 Å². The van der Waals surface area contributed by atoms with Crippen LogP contribution in [0.4, 0.5) is 16.2 Å². The molecule has 1 atom stereocenters. The minimum Gasteiger partial charge on any atom is -0.479 e. The smallest absolute Gasteiger partial charge is 0.334 e. The first kappa shape index (κ1) is 31.1. The normalized spacial score (nSPS) is 14.6. The summed E-state index contributed by atoms with van der Waals surface area (Å²) in [5.74, 6) is -2.53. The first-order valence-electron chi connectivity index (χ1n) is 13.8. The Kier molecular flexibility index (Phi) is 8.54. The van der Waals surface area contributed by atoms with Gasteiger partial charge in [0.05, 0.1) is 18.5 Å². The molecule has 0 radical (unpaired) electrons. The van der Waals surface area contributed by atoms with Gasteiger partial charge in [0.1, 0.15) is 0 Å². The summed E-state index contributed by atoms with van der Waals surface area (Å²) in [5.41, 5.74) is 2.40. The van der Waals surface area contributed by atoms with Crippen LogP contribution in [0.15, 0.2) is 66.7 Å². The predicted octanol–water partition coefficient (Wildman–Crippen LogP) is 4.80. The number of rotatable bonds is 8. The van der Waals surface area contributed by atoms with Crippen LogP contribution in [-0.4, -0.2) is 52.3 Å². The number of hydrogen-bond acceptors (Lipinski definition) is 6. The molecule has 3 aromatic carbocycles. The Balaban J connectivity index is 1.58. The third-order valence-corrected chi connectivity index (χ3v) is 7.48. The van der Waals surface area contributed by atoms with Gasteiger partial charge in [-0.2, -0.15) is 0 Å². The van der Waals surface area contributed by atoms with Crippen LogP contribution in [0.1, 0.15) is 76.8 Å². The zero-order valence-corrected chi connectivity index (χ0v) is 24.7. The third kappa shape index (κ3) is 6.65. The Morgan fingerprint density at radius 2 is 1.49 bits per heavy atom. The van der Waals surface area contributed by atoms with E-state index in [1.54, 1.807) is 50.2 Å². The zero-order valence-electron chi connectivity index (χ0n) is 24.7. The van der Waals surface area contributed by atoms with Gasteiger partial charge in [-0.05, 0) is 72.9 Å². The molecule has 0 saturated heterocycles. The highest BCUT2D eigenvalue weighted by Crippen LogP contribution is 2.37. The Morgan fingerprint density at radius 3 is 2.07 bits per heavy atom. The summed E-state index contributed by atoms with van der Waals surface area (Å²) in [6.07, 6.45) is -1.71. The summed E-state index contributed by atoms with van der Waals surface area (Å²) in [6.45, 7) is 9.15. The molecule has 0 spiro atoms. The van der Waals surface area contributed by atoms with E-state index in [1.807, 2.05) is 24.3 Å². The highest BCUT2D eigenvalue weighted by Gasteiger charge is 2.45. The van der Waals surface area contributed by atoms with Crippen LogP contribution in [-0.2, 0) is 16.8 Å². The largest absolute Gasteiger partial charge is 0.479 e. The van der Waals surface area contributed by atoms with Gasteiger partial charge < -0.3 is 20.8 Å². The number of carboxylic acids is 1. The minimum absolute atomic E-state index is 0.0926. The van der Waals surface area contributed by atoms with Crippen molar-refractivity contribution in [1.29, 1.82) is 0 Å². The third-order valence-electron chi connectivity index (χ3n) is 7.48. The van der Waals surface area contributed by atoms with Crippen molar-refractivity contribution in [2.45, 2.75) is 52.7 Å². The molecule has 43 heavy (non-hydrogen) atoms. The zero-order chi connectivity index (χ0) is 31.7. The fourth-order valence-electron chi connectivity index (χ4n) is 4.72. The van der Waals surface area contributed by atoms with E-state index in [9.17, 15) is 29.1 Å². The van der Waals surface area contributed by atoms with E-state index in [0.29, 0.717) is 22.5 Å². The Hall–Kier alpha value is -4.83. The number of benzene rings is 3. The highest BCUT2D eigenvalue weighted by molar-refractivity contribution is 6.29. The summed E-state index contributed by atoms with van der Waals surface area (Å²) in [7, 11) is 0.